The number of anilines is 2. The number of likely N-dealkylation sites (tertiary alicyclic amines) is 1. The van der Waals surface area contributed by atoms with Crippen LogP contribution in [0, 0.1) is 0 Å². The van der Waals surface area contributed by atoms with E-state index in [-0.39, 0.29) is 0 Å². The summed E-state index contributed by atoms with van der Waals surface area (Å²) in [6.07, 6.45) is 5.99. The second-order valence-electron chi connectivity index (χ2n) is 6.71. The molecule has 2 N–H and O–H groups in total. The molecule has 0 aromatic heterocycles. The van der Waals surface area contributed by atoms with Crippen molar-refractivity contribution in [3.05, 3.63) is 23.8 Å². The molecule has 1 aliphatic heterocycles. The van der Waals surface area contributed by atoms with Gasteiger partial charge in [-0.15, -0.1) is 0 Å². The SMILES string of the molecule is CCC1CCCCN1C(=O)CCc1ccc(N(CC)CC)c(N)c1. The second kappa shape index (κ2) is 8.95. The third kappa shape index (κ3) is 4.43. The summed E-state index contributed by atoms with van der Waals surface area (Å²) in [5, 5.41) is 0. The summed E-state index contributed by atoms with van der Waals surface area (Å²) in [7, 11) is 0. The van der Waals surface area contributed by atoms with Crippen LogP contribution in [-0.2, 0) is 11.2 Å². The largest absolute Gasteiger partial charge is 0.397 e. The normalized spacial score (nSPS) is 17.8. The molecular weight excluding hydrogens is 298 g/mol. The monoisotopic (exact) mass is 331 g/mol. The number of rotatable bonds is 7. The first kappa shape index (κ1) is 18.6. The van der Waals surface area contributed by atoms with Crippen molar-refractivity contribution in [3.8, 4) is 0 Å². The van der Waals surface area contributed by atoms with Crippen LogP contribution in [0.1, 0.15) is 58.4 Å². The first-order valence-electron chi connectivity index (χ1n) is 9.53. The van der Waals surface area contributed by atoms with Gasteiger partial charge in [0, 0.05) is 32.1 Å². The molecule has 1 aromatic carbocycles. The van der Waals surface area contributed by atoms with Crippen molar-refractivity contribution in [1.29, 1.82) is 0 Å². The topological polar surface area (TPSA) is 49.6 Å². The van der Waals surface area contributed by atoms with Gasteiger partial charge >= 0.3 is 0 Å². The van der Waals surface area contributed by atoms with Crippen molar-refractivity contribution in [1.82, 2.24) is 4.90 Å². The Morgan fingerprint density at radius 2 is 2.00 bits per heavy atom. The predicted octanol–water partition coefficient (Wildman–Crippen LogP) is 3.84. The summed E-state index contributed by atoms with van der Waals surface area (Å²) in [5.74, 6) is 0.299. The third-order valence-corrected chi connectivity index (χ3v) is 5.24. The smallest absolute Gasteiger partial charge is 0.223 e. The number of nitrogens with two attached hydrogens (primary N) is 1. The highest BCUT2D eigenvalue weighted by atomic mass is 16.2. The van der Waals surface area contributed by atoms with Crippen LogP contribution in [0.25, 0.3) is 0 Å². The maximum absolute atomic E-state index is 12.6. The number of aryl methyl sites for hydroxylation is 1. The Hall–Kier alpha value is -1.71. The average molecular weight is 332 g/mol. The Morgan fingerprint density at radius 1 is 1.25 bits per heavy atom. The van der Waals surface area contributed by atoms with Crippen molar-refractivity contribution in [2.45, 2.75) is 65.3 Å². The van der Waals surface area contributed by atoms with Crippen LogP contribution < -0.4 is 10.6 Å². The standard InChI is InChI=1S/C20H33N3O/c1-4-17-9-7-8-14-23(17)20(24)13-11-16-10-12-19(18(21)15-16)22(5-2)6-3/h10,12,15,17H,4-9,11,13-14,21H2,1-3H3. The quantitative estimate of drug-likeness (QED) is 0.772. The van der Waals surface area contributed by atoms with Crippen molar-refractivity contribution in [2.75, 3.05) is 30.3 Å². The molecular formula is C20H33N3O. The molecule has 0 aliphatic carbocycles. The van der Waals surface area contributed by atoms with Gasteiger partial charge < -0.3 is 15.5 Å². The van der Waals surface area contributed by atoms with E-state index in [9.17, 15) is 4.79 Å². The van der Waals surface area contributed by atoms with Crippen LogP contribution in [0.15, 0.2) is 18.2 Å². The van der Waals surface area contributed by atoms with Gasteiger partial charge in [0.05, 0.1) is 11.4 Å². The van der Waals surface area contributed by atoms with Gasteiger partial charge in [0.2, 0.25) is 5.91 Å². The lowest BCUT2D eigenvalue weighted by atomic mass is 9.99. The summed E-state index contributed by atoms with van der Waals surface area (Å²) >= 11 is 0. The zero-order valence-electron chi connectivity index (χ0n) is 15.6. The molecule has 4 heteroatoms. The van der Waals surface area contributed by atoms with Gasteiger partial charge in [0.25, 0.3) is 0 Å². The number of nitrogen functional groups attached to an aromatic ring is 1. The summed E-state index contributed by atoms with van der Waals surface area (Å²) in [4.78, 5) is 16.9. The molecule has 0 saturated carbocycles. The van der Waals surface area contributed by atoms with Crippen molar-refractivity contribution < 1.29 is 4.79 Å². The lowest BCUT2D eigenvalue weighted by Crippen LogP contribution is -2.43. The highest BCUT2D eigenvalue weighted by molar-refractivity contribution is 5.77. The zero-order chi connectivity index (χ0) is 17.5. The van der Waals surface area contributed by atoms with E-state index in [0.29, 0.717) is 18.4 Å². The molecule has 1 heterocycles. The molecule has 0 bridgehead atoms. The average Bonchev–Trinajstić information content (AvgIpc) is 2.62. The van der Waals surface area contributed by atoms with E-state index < -0.39 is 0 Å². The molecule has 1 aliphatic rings. The second-order valence-corrected chi connectivity index (χ2v) is 6.71. The molecule has 1 fully saturated rings. The Balaban J connectivity index is 1.96. The van der Waals surface area contributed by atoms with Crippen molar-refractivity contribution in [2.24, 2.45) is 0 Å². The van der Waals surface area contributed by atoms with Gasteiger partial charge in [-0.25, -0.2) is 0 Å². The number of amides is 1. The Kier molecular flexibility index (Phi) is 6.95. The Morgan fingerprint density at radius 3 is 2.62 bits per heavy atom. The fourth-order valence-electron chi connectivity index (χ4n) is 3.76. The lowest BCUT2D eigenvalue weighted by Gasteiger charge is -2.35. The molecule has 0 radical (unpaired) electrons. The third-order valence-electron chi connectivity index (χ3n) is 5.24. The van der Waals surface area contributed by atoms with E-state index in [1.54, 1.807) is 0 Å². The Bertz CT molecular complexity index is 540. The van der Waals surface area contributed by atoms with Crippen LogP contribution in [0.5, 0.6) is 0 Å². The minimum absolute atomic E-state index is 0.299. The first-order valence-corrected chi connectivity index (χ1v) is 9.53. The molecule has 1 atom stereocenters. The molecule has 2 rings (SSSR count). The van der Waals surface area contributed by atoms with Crippen LogP contribution in [0.2, 0.25) is 0 Å². The van der Waals surface area contributed by atoms with Crippen LogP contribution in [0.4, 0.5) is 11.4 Å². The van der Waals surface area contributed by atoms with E-state index in [0.717, 1.165) is 62.3 Å². The fraction of sp³-hybridized carbons (Fsp3) is 0.650. The van der Waals surface area contributed by atoms with Crippen LogP contribution in [0.3, 0.4) is 0 Å². The van der Waals surface area contributed by atoms with Gasteiger partial charge in [0.15, 0.2) is 0 Å². The van der Waals surface area contributed by atoms with Gasteiger partial charge in [-0.2, -0.15) is 0 Å². The van der Waals surface area contributed by atoms with Crippen molar-refractivity contribution >= 4 is 17.3 Å². The number of piperidine rings is 1. The fourth-order valence-corrected chi connectivity index (χ4v) is 3.76. The molecule has 1 unspecified atom stereocenters. The molecule has 1 saturated heterocycles. The summed E-state index contributed by atoms with van der Waals surface area (Å²) < 4.78 is 0. The maximum Gasteiger partial charge on any atom is 0.223 e. The first-order chi connectivity index (χ1) is 11.6. The highest BCUT2D eigenvalue weighted by Crippen LogP contribution is 2.25. The predicted molar refractivity (Wildman–Crippen MR) is 102 cm³/mol. The zero-order valence-corrected chi connectivity index (χ0v) is 15.6. The van der Waals surface area contributed by atoms with E-state index in [1.165, 1.54) is 6.42 Å². The van der Waals surface area contributed by atoms with Gasteiger partial charge in [0.1, 0.15) is 0 Å². The molecule has 0 spiro atoms. The minimum atomic E-state index is 0.299. The summed E-state index contributed by atoms with van der Waals surface area (Å²) in [6.45, 7) is 9.29. The number of hydrogen-bond acceptors (Lipinski definition) is 3. The van der Waals surface area contributed by atoms with Gasteiger partial charge in [-0.3, -0.25) is 4.79 Å². The molecule has 24 heavy (non-hydrogen) atoms. The number of benzene rings is 1. The highest BCUT2D eigenvalue weighted by Gasteiger charge is 2.24. The van der Waals surface area contributed by atoms with E-state index in [4.69, 9.17) is 5.73 Å². The van der Waals surface area contributed by atoms with Crippen LogP contribution in [-0.4, -0.2) is 36.5 Å². The number of nitrogens with zero attached hydrogens (tertiary/aromatic N) is 2. The number of carbonyl (C=O) groups excluding carboxylic acids is 1. The van der Waals surface area contributed by atoms with E-state index in [2.05, 4.69) is 42.7 Å². The Labute approximate surface area is 147 Å². The molecule has 1 amide bonds. The minimum Gasteiger partial charge on any atom is -0.397 e. The maximum atomic E-state index is 12.6. The van der Waals surface area contributed by atoms with E-state index >= 15 is 0 Å². The molecule has 4 nitrogen and oxygen atoms in total. The molecule has 134 valence electrons. The van der Waals surface area contributed by atoms with Crippen LogP contribution >= 0.6 is 0 Å². The lowest BCUT2D eigenvalue weighted by molar-refractivity contribution is -0.134. The number of hydrogen-bond donors (Lipinski definition) is 1. The van der Waals surface area contributed by atoms with Gasteiger partial charge in [-0.1, -0.05) is 13.0 Å². The summed E-state index contributed by atoms with van der Waals surface area (Å²) in [5.41, 5.74) is 9.29. The van der Waals surface area contributed by atoms with Crippen molar-refractivity contribution in [3.63, 3.8) is 0 Å². The van der Waals surface area contributed by atoms with Gasteiger partial charge in [-0.05, 0) is 63.6 Å². The molecule has 1 aromatic rings. The number of carbonyl (C=O) groups is 1. The van der Waals surface area contributed by atoms with E-state index in [1.807, 2.05) is 6.07 Å². The summed E-state index contributed by atoms with van der Waals surface area (Å²) in [6, 6.07) is 6.69.